The molecule has 13 rings (SSSR count). The van der Waals surface area contributed by atoms with Gasteiger partial charge in [0.1, 0.15) is 0 Å². The molecule has 288 valence electrons. The van der Waals surface area contributed by atoms with Gasteiger partial charge in [0.15, 0.2) is 0 Å². The molecule has 0 unspecified atom stereocenters. The van der Waals surface area contributed by atoms with E-state index in [1.165, 1.54) is 54.7 Å². The van der Waals surface area contributed by atoms with Crippen molar-refractivity contribution in [3.63, 3.8) is 0 Å². The third-order valence-corrected chi connectivity index (χ3v) is 12.7. The Balaban J connectivity index is 1.11. The molecule has 0 amide bonds. The second-order valence-electron chi connectivity index (χ2n) is 16.1. The summed E-state index contributed by atoms with van der Waals surface area (Å²) in [5, 5.41) is 10.6. The lowest BCUT2D eigenvalue weighted by Gasteiger charge is -2.16. The summed E-state index contributed by atoms with van der Waals surface area (Å²) >= 11 is 0. The molecule has 0 saturated heterocycles. The fourth-order valence-corrected chi connectivity index (χ4v) is 10.0. The monoisotopic (exact) mass is 788 g/mol. The van der Waals surface area contributed by atoms with Crippen LogP contribution in [0.3, 0.4) is 0 Å². The molecular formula is C58H36N4. The summed E-state index contributed by atoms with van der Waals surface area (Å²) in [7, 11) is 0. The van der Waals surface area contributed by atoms with E-state index in [0.29, 0.717) is 5.95 Å². The largest absolute Gasteiger partial charge is 0.309 e. The van der Waals surface area contributed by atoms with Gasteiger partial charge in [0.2, 0.25) is 5.95 Å². The first-order chi connectivity index (χ1) is 30.8. The fraction of sp³-hybridized carbons (Fsp3) is 0. The van der Waals surface area contributed by atoms with E-state index < -0.39 is 0 Å². The number of para-hydroxylation sites is 4. The normalized spacial score (nSPS) is 11.9. The van der Waals surface area contributed by atoms with Crippen molar-refractivity contribution in [1.82, 2.24) is 19.1 Å². The van der Waals surface area contributed by atoms with Crippen LogP contribution in [-0.4, -0.2) is 19.1 Å². The van der Waals surface area contributed by atoms with Crippen LogP contribution in [0.2, 0.25) is 0 Å². The predicted molar refractivity (Wildman–Crippen MR) is 260 cm³/mol. The molecule has 0 N–H and O–H groups in total. The van der Waals surface area contributed by atoms with Crippen molar-refractivity contribution in [3.05, 3.63) is 218 Å². The van der Waals surface area contributed by atoms with E-state index >= 15 is 0 Å². The van der Waals surface area contributed by atoms with E-state index in [9.17, 15) is 0 Å². The summed E-state index contributed by atoms with van der Waals surface area (Å²) in [6, 6.07) is 78.5. The Bertz CT molecular complexity index is 3920. The summed E-state index contributed by atoms with van der Waals surface area (Å²) < 4.78 is 4.73. The minimum absolute atomic E-state index is 0.647. The summed E-state index contributed by atoms with van der Waals surface area (Å²) in [5.41, 5.74) is 13.3. The maximum Gasteiger partial charge on any atom is 0.235 e. The van der Waals surface area contributed by atoms with Gasteiger partial charge >= 0.3 is 0 Å². The second kappa shape index (κ2) is 13.6. The van der Waals surface area contributed by atoms with Crippen molar-refractivity contribution < 1.29 is 0 Å². The van der Waals surface area contributed by atoms with Gasteiger partial charge in [-0.2, -0.15) is 0 Å². The molecule has 0 aliphatic carbocycles. The lowest BCUT2D eigenvalue weighted by Crippen LogP contribution is -2.04. The number of nitrogens with zero attached hydrogens (tertiary/aromatic N) is 4. The van der Waals surface area contributed by atoms with Gasteiger partial charge in [-0.25, -0.2) is 9.97 Å². The van der Waals surface area contributed by atoms with Gasteiger partial charge < -0.3 is 4.57 Å². The van der Waals surface area contributed by atoms with Crippen LogP contribution >= 0.6 is 0 Å². The van der Waals surface area contributed by atoms with Crippen LogP contribution in [0.15, 0.2) is 218 Å². The van der Waals surface area contributed by atoms with Crippen molar-refractivity contribution >= 4 is 76.1 Å². The maximum atomic E-state index is 5.52. The van der Waals surface area contributed by atoms with E-state index in [4.69, 9.17) is 9.97 Å². The second-order valence-corrected chi connectivity index (χ2v) is 16.1. The van der Waals surface area contributed by atoms with E-state index in [0.717, 1.165) is 60.6 Å². The number of hydrogen-bond acceptors (Lipinski definition) is 2. The highest BCUT2D eigenvalue weighted by molar-refractivity contribution is 6.26. The highest BCUT2D eigenvalue weighted by Gasteiger charge is 2.23. The van der Waals surface area contributed by atoms with Crippen molar-refractivity contribution in [2.75, 3.05) is 0 Å². The molecule has 10 aromatic carbocycles. The van der Waals surface area contributed by atoms with Gasteiger partial charge in [0.25, 0.3) is 0 Å². The molecule has 0 bridgehead atoms. The fourth-order valence-electron chi connectivity index (χ4n) is 10.0. The number of aromatic nitrogens is 4. The predicted octanol–water partition coefficient (Wildman–Crippen LogP) is 15.1. The summed E-state index contributed by atoms with van der Waals surface area (Å²) in [5.74, 6) is 0.647. The van der Waals surface area contributed by atoms with Gasteiger partial charge in [0.05, 0.1) is 33.3 Å². The molecule has 4 nitrogen and oxygen atoms in total. The van der Waals surface area contributed by atoms with Crippen LogP contribution in [0.1, 0.15) is 0 Å². The standard InChI is InChI=1S/C58H36N4/c1-3-18-37(19-4-1)38-20-17-21-39(34-38)55-47-30-11-14-31-52(47)59-58(60-55)62-54-33-16-13-27-44(54)51-36-49(42-25-8-10-29-46(42)57(51)62)48-35-50-43-26-12-15-32-53(43)61(40-22-5-2-6-23-40)56(50)45-28-9-7-24-41(45)48/h1-36H. The van der Waals surface area contributed by atoms with Gasteiger partial charge in [-0.05, 0) is 81.6 Å². The lowest BCUT2D eigenvalue weighted by atomic mass is 9.90. The zero-order chi connectivity index (χ0) is 40.7. The molecule has 4 heteroatoms. The Kier molecular flexibility index (Phi) is 7.57. The molecule has 3 heterocycles. The maximum absolute atomic E-state index is 5.52. The van der Waals surface area contributed by atoms with Crippen LogP contribution in [-0.2, 0) is 0 Å². The Morgan fingerprint density at radius 1 is 0.290 bits per heavy atom. The van der Waals surface area contributed by atoms with Crippen LogP contribution in [0.25, 0.3) is 121 Å². The van der Waals surface area contributed by atoms with E-state index in [1.807, 2.05) is 0 Å². The van der Waals surface area contributed by atoms with Gasteiger partial charge in [0, 0.05) is 49.0 Å². The van der Waals surface area contributed by atoms with E-state index in [1.54, 1.807) is 0 Å². The molecule has 0 saturated carbocycles. The highest BCUT2D eigenvalue weighted by Crippen LogP contribution is 2.46. The smallest absolute Gasteiger partial charge is 0.235 e. The Morgan fingerprint density at radius 3 is 1.40 bits per heavy atom. The molecule has 0 aliphatic heterocycles. The van der Waals surface area contributed by atoms with Gasteiger partial charge in [-0.3, -0.25) is 4.57 Å². The SMILES string of the molecule is c1ccc(-c2cccc(-c3nc(-n4c5ccccc5c5cc(-c6cc7c8ccccc8n(-c8ccccc8)c7c7ccccc67)c6ccccc6c54)nc4ccccc34)c2)cc1. The zero-order valence-corrected chi connectivity index (χ0v) is 33.6. The minimum atomic E-state index is 0.647. The number of benzene rings is 10. The third-order valence-electron chi connectivity index (χ3n) is 12.7. The lowest BCUT2D eigenvalue weighted by molar-refractivity contribution is 1.02. The van der Waals surface area contributed by atoms with Gasteiger partial charge in [-0.15, -0.1) is 0 Å². The Hall–Kier alpha value is -8.34. The Labute approximate surface area is 357 Å². The van der Waals surface area contributed by atoms with Crippen LogP contribution in [0.5, 0.6) is 0 Å². The molecule has 0 aliphatic rings. The highest BCUT2D eigenvalue weighted by atomic mass is 15.2. The first-order valence-electron chi connectivity index (χ1n) is 21.2. The molecule has 3 aromatic heterocycles. The molecular weight excluding hydrogens is 753 g/mol. The van der Waals surface area contributed by atoms with E-state index in [2.05, 4.69) is 228 Å². The molecule has 0 spiro atoms. The van der Waals surface area contributed by atoms with Crippen LogP contribution < -0.4 is 0 Å². The summed E-state index contributed by atoms with van der Waals surface area (Å²) in [4.78, 5) is 10.9. The molecule has 62 heavy (non-hydrogen) atoms. The summed E-state index contributed by atoms with van der Waals surface area (Å²) in [6.45, 7) is 0. The first-order valence-corrected chi connectivity index (χ1v) is 21.2. The van der Waals surface area contributed by atoms with Crippen LogP contribution in [0.4, 0.5) is 0 Å². The molecule has 13 aromatic rings. The minimum Gasteiger partial charge on any atom is -0.309 e. The van der Waals surface area contributed by atoms with Crippen molar-refractivity contribution in [3.8, 4) is 45.1 Å². The number of rotatable bonds is 5. The first kappa shape index (κ1) is 34.5. The number of hydrogen-bond donors (Lipinski definition) is 0. The van der Waals surface area contributed by atoms with Crippen molar-refractivity contribution in [2.24, 2.45) is 0 Å². The Morgan fingerprint density at radius 2 is 0.758 bits per heavy atom. The third kappa shape index (κ3) is 5.14. The molecule has 0 fully saturated rings. The van der Waals surface area contributed by atoms with E-state index in [-0.39, 0.29) is 0 Å². The van der Waals surface area contributed by atoms with Crippen LogP contribution in [0, 0.1) is 0 Å². The quantitative estimate of drug-likeness (QED) is 0.174. The summed E-state index contributed by atoms with van der Waals surface area (Å²) in [6.07, 6.45) is 0. The van der Waals surface area contributed by atoms with Gasteiger partial charge in [-0.1, -0.05) is 170 Å². The zero-order valence-electron chi connectivity index (χ0n) is 33.6. The molecule has 0 atom stereocenters. The number of fused-ring (bicyclic) bond motifs is 11. The van der Waals surface area contributed by atoms with Crippen molar-refractivity contribution in [2.45, 2.75) is 0 Å². The average Bonchev–Trinajstić information content (AvgIpc) is 3.87. The topological polar surface area (TPSA) is 35.6 Å². The van der Waals surface area contributed by atoms with Crippen molar-refractivity contribution in [1.29, 1.82) is 0 Å². The average molecular weight is 789 g/mol. The molecule has 0 radical (unpaired) electrons.